The molecule has 0 spiro atoms. The summed E-state index contributed by atoms with van der Waals surface area (Å²) < 4.78 is 45.3. The molecular formula is C22H19F3N2O4. The molecule has 1 saturated heterocycles. The Kier molecular flexibility index (Phi) is 4.81. The van der Waals surface area contributed by atoms with Crippen LogP contribution in [0.4, 0.5) is 23.7 Å². The molecule has 0 aliphatic carbocycles. The van der Waals surface area contributed by atoms with Gasteiger partial charge in [-0.2, -0.15) is 13.2 Å². The lowest BCUT2D eigenvalue weighted by Crippen LogP contribution is -2.39. The van der Waals surface area contributed by atoms with Crippen molar-refractivity contribution in [2.45, 2.75) is 31.7 Å². The van der Waals surface area contributed by atoms with Crippen LogP contribution < -0.4 is 10.5 Å². The molecule has 162 valence electrons. The summed E-state index contributed by atoms with van der Waals surface area (Å²) in [6.07, 6.45) is -5.96. The first-order valence-electron chi connectivity index (χ1n) is 9.49. The molecule has 1 aromatic heterocycles. The summed E-state index contributed by atoms with van der Waals surface area (Å²) in [5.41, 5.74) is -2.37. The van der Waals surface area contributed by atoms with Gasteiger partial charge in [-0.3, -0.25) is 9.69 Å². The SMILES string of the molecule is CC(C)(O)[C@H]1CN(c2ccc3cc(-c4ccccc4C(F)(F)F)[nH]c(=O)c3c2)C(=O)O1. The van der Waals surface area contributed by atoms with Crippen LogP contribution in [0.5, 0.6) is 0 Å². The lowest BCUT2D eigenvalue weighted by molar-refractivity contribution is -0.137. The highest BCUT2D eigenvalue weighted by atomic mass is 19.4. The molecule has 0 saturated carbocycles. The third-order valence-corrected chi connectivity index (χ3v) is 5.26. The van der Waals surface area contributed by atoms with Crippen molar-refractivity contribution in [3.63, 3.8) is 0 Å². The Hall–Kier alpha value is -3.33. The number of aromatic nitrogens is 1. The van der Waals surface area contributed by atoms with E-state index in [1.807, 2.05) is 0 Å². The average molecular weight is 432 g/mol. The number of aliphatic hydroxyl groups is 1. The van der Waals surface area contributed by atoms with Gasteiger partial charge in [0.1, 0.15) is 6.10 Å². The molecule has 9 heteroatoms. The molecule has 1 amide bonds. The number of nitrogens with zero attached hydrogens (tertiary/aromatic N) is 1. The molecule has 3 aromatic rings. The van der Waals surface area contributed by atoms with Crippen LogP contribution in [-0.4, -0.2) is 34.4 Å². The molecule has 0 radical (unpaired) electrons. The summed E-state index contributed by atoms with van der Waals surface area (Å²) in [6.45, 7) is 3.16. The lowest BCUT2D eigenvalue weighted by Gasteiger charge is -2.23. The number of H-pyrrole nitrogens is 1. The van der Waals surface area contributed by atoms with Crippen LogP contribution in [0.15, 0.2) is 53.3 Å². The zero-order valence-electron chi connectivity index (χ0n) is 16.7. The van der Waals surface area contributed by atoms with Crippen molar-refractivity contribution in [3.8, 4) is 11.3 Å². The second-order valence-corrected chi connectivity index (χ2v) is 7.96. The normalized spacial score (nSPS) is 17.3. The minimum absolute atomic E-state index is 0.0425. The number of aromatic amines is 1. The maximum atomic E-state index is 13.4. The number of hydrogen-bond acceptors (Lipinski definition) is 4. The number of carbonyl (C=O) groups is 1. The molecule has 1 atom stereocenters. The minimum atomic E-state index is -4.57. The van der Waals surface area contributed by atoms with E-state index in [4.69, 9.17) is 4.74 Å². The smallest absolute Gasteiger partial charge is 0.417 e. The molecule has 4 rings (SSSR count). The number of rotatable bonds is 3. The van der Waals surface area contributed by atoms with Crippen molar-refractivity contribution < 1.29 is 27.8 Å². The van der Waals surface area contributed by atoms with Gasteiger partial charge in [-0.15, -0.1) is 0 Å². The topological polar surface area (TPSA) is 82.6 Å². The zero-order valence-corrected chi connectivity index (χ0v) is 16.7. The fraction of sp³-hybridized carbons (Fsp3) is 0.273. The van der Waals surface area contributed by atoms with Crippen LogP contribution in [0.1, 0.15) is 19.4 Å². The van der Waals surface area contributed by atoms with Gasteiger partial charge in [-0.05, 0) is 43.5 Å². The molecular weight excluding hydrogens is 413 g/mol. The first-order valence-corrected chi connectivity index (χ1v) is 9.49. The van der Waals surface area contributed by atoms with E-state index in [-0.39, 0.29) is 23.2 Å². The van der Waals surface area contributed by atoms with E-state index in [0.29, 0.717) is 11.1 Å². The van der Waals surface area contributed by atoms with Gasteiger partial charge in [0.15, 0.2) is 0 Å². The second kappa shape index (κ2) is 7.12. The van der Waals surface area contributed by atoms with Crippen molar-refractivity contribution in [1.29, 1.82) is 0 Å². The van der Waals surface area contributed by atoms with Gasteiger partial charge >= 0.3 is 12.3 Å². The van der Waals surface area contributed by atoms with Crippen molar-refractivity contribution in [3.05, 3.63) is 64.4 Å². The third kappa shape index (κ3) is 3.88. The summed E-state index contributed by atoms with van der Waals surface area (Å²) >= 11 is 0. The van der Waals surface area contributed by atoms with E-state index in [0.717, 1.165) is 6.07 Å². The van der Waals surface area contributed by atoms with E-state index < -0.39 is 35.1 Å². The van der Waals surface area contributed by atoms with E-state index in [9.17, 15) is 27.9 Å². The molecule has 1 aliphatic rings. The molecule has 2 N–H and O–H groups in total. The molecule has 31 heavy (non-hydrogen) atoms. The van der Waals surface area contributed by atoms with Gasteiger partial charge in [-0.1, -0.05) is 24.3 Å². The Morgan fingerprint density at radius 2 is 1.81 bits per heavy atom. The summed E-state index contributed by atoms with van der Waals surface area (Å²) in [7, 11) is 0. The second-order valence-electron chi connectivity index (χ2n) is 7.96. The number of ether oxygens (including phenoxy) is 1. The van der Waals surface area contributed by atoms with E-state index in [1.165, 1.54) is 49.1 Å². The number of pyridine rings is 1. The molecule has 2 heterocycles. The summed E-state index contributed by atoms with van der Waals surface area (Å²) in [4.78, 5) is 28.7. The van der Waals surface area contributed by atoms with Gasteiger partial charge in [0.05, 0.1) is 17.7 Å². The highest BCUT2D eigenvalue weighted by molar-refractivity contribution is 5.95. The van der Waals surface area contributed by atoms with Gasteiger partial charge in [0.25, 0.3) is 5.56 Å². The first kappa shape index (κ1) is 20.9. The van der Waals surface area contributed by atoms with Crippen molar-refractivity contribution in [1.82, 2.24) is 4.98 Å². The number of fused-ring (bicyclic) bond motifs is 1. The molecule has 6 nitrogen and oxygen atoms in total. The fourth-order valence-corrected chi connectivity index (χ4v) is 3.57. The number of halogens is 3. The third-order valence-electron chi connectivity index (χ3n) is 5.26. The van der Waals surface area contributed by atoms with Crippen LogP contribution in [0.2, 0.25) is 0 Å². The summed E-state index contributed by atoms with van der Waals surface area (Å²) in [5.74, 6) is 0. The average Bonchev–Trinajstić information content (AvgIpc) is 3.09. The Bertz CT molecular complexity index is 1230. The molecule has 0 unspecified atom stereocenters. The zero-order chi connectivity index (χ0) is 22.6. The number of hydrogen-bond donors (Lipinski definition) is 2. The van der Waals surface area contributed by atoms with Gasteiger partial charge in [-0.25, -0.2) is 4.79 Å². The molecule has 2 aromatic carbocycles. The van der Waals surface area contributed by atoms with Crippen LogP contribution >= 0.6 is 0 Å². The predicted molar refractivity (Wildman–Crippen MR) is 109 cm³/mol. The Morgan fingerprint density at radius 3 is 2.45 bits per heavy atom. The number of nitrogens with one attached hydrogen (secondary N) is 1. The quantitative estimate of drug-likeness (QED) is 0.646. The predicted octanol–water partition coefficient (Wildman–Crippen LogP) is 4.31. The molecule has 0 bridgehead atoms. The maximum absolute atomic E-state index is 13.4. The van der Waals surface area contributed by atoms with Gasteiger partial charge in [0.2, 0.25) is 0 Å². The molecule has 1 aliphatic heterocycles. The van der Waals surface area contributed by atoms with Crippen molar-refractivity contribution in [2.75, 3.05) is 11.4 Å². The minimum Gasteiger partial charge on any atom is -0.441 e. The number of carbonyl (C=O) groups excluding carboxylic acids is 1. The number of benzene rings is 2. The van der Waals surface area contributed by atoms with Gasteiger partial charge < -0.3 is 14.8 Å². The number of alkyl halides is 3. The van der Waals surface area contributed by atoms with Crippen LogP contribution in [-0.2, 0) is 10.9 Å². The van der Waals surface area contributed by atoms with Crippen molar-refractivity contribution in [2.24, 2.45) is 0 Å². The first-order chi connectivity index (χ1) is 14.4. The van der Waals surface area contributed by atoms with E-state index in [1.54, 1.807) is 12.1 Å². The standard InChI is InChI=1S/C22H19F3N2O4/c1-21(2,30)18-11-27(20(29)31-18)13-8-7-12-9-17(26-19(28)15(12)10-13)14-5-3-4-6-16(14)22(23,24)25/h3-10,18,30H,11H2,1-2H3,(H,26,28)/t18-/m1/s1. The Balaban J connectivity index is 1.76. The van der Waals surface area contributed by atoms with Crippen LogP contribution in [0.25, 0.3) is 22.0 Å². The number of amides is 1. The van der Waals surface area contributed by atoms with E-state index in [2.05, 4.69) is 4.98 Å². The summed E-state index contributed by atoms with van der Waals surface area (Å²) in [5, 5.41) is 10.7. The number of anilines is 1. The summed E-state index contributed by atoms with van der Waals surface area (Å²) in [6, 6.07) is 11.1. The van der Waals surface area contributed by atoms with Crippen LogP contribution in [0.3, 0.4) is 0 Å². The lowest BCUT2D eigenvalue weighted by atomic mass is 10.0. The largest absolute Gasteiger partial charge is 0.441 e. The maximum Gasteiger partial charge on any atom is 0.417 e. The van der Waals surface area contributed by atoms with Gasteiger partial charge in [0, 0.05) is 22.3 Å². The van der Waals surface area contributed by atoms with Crippen molar-refractivity contribution >= 4 is 22.6 Å². The highest BCUT2D eigenvalue weighted by Gasteiger charge is 2.41. The molecule has 1 fully saturated rings. The highest BCUT2D eigenvalue weighted by Crippen LogP contribution is 2.37. The van der Waals surface area contributed by atoms with E-state index >= 15 is 0 Å². The number of cyclic esters (lactones) is 1. The van der Waals surface area contributed by atoms with Crippen LogP contribution in [0, 0.1) is 0 Å². The monoisotopic (exact) mass is 432 g/mol. The fourth-order valence-electron chi connectivity index (χ4n) is 3.57. The Morgan fingerprint density at radius 1 is 1.10 bits per heavy atom. The Labute approximate surface area is 174 Å².